The van der Waals surface area contributed by atoms with Crippen LogP contribution in [-0.2, 0) is 13.1 Å². The summed E-state index contributed by atoms with van der Waals surface area (Å²) in [5.74, 6) is -0.732. The maximum Gasteiger partial charge on any atom is 0.357 e. The Bertz CT molecular complexity index is 880. The fourth-order valence-electron chi connectivity index (χ4n) is 2.80. The highest BCUT2D eigenvalue weighted by Crippen LogP contribution is 2.25. The number of carbonyl (C=O) groups is 1. The van der Waals surface area contributed by atoms with Gasteiger partial charge in [0.15, 0.2) is 5.69 Å². The second-order valence-electron chi connectivity index (χ2n) is 6.05. The summed E-state index contributed by atoms with van der Waals surface area (Å²) in [6.07, 6.45) is 1.17. The molecule has 6 heteroatoms. The van der Waals surface area contributed by atoms with Crippen molar-refractivity contribution >= 4 is 17.6 Å². The summed E-state index contributed by atoms with van der Waals surface area (Å²) in [6.45, 7) is 3.11. The summed E-state index contributed by atoms with van der Waals surface area (Å²) >= 11 is 6.11. The second-order valence-corrected chi connectivity index (χ2v) is 6.49. The lowest BCUT2D eigenvalue weighted by molar-refractivity contribution is 0.0690. The van der Waals surface area contributed by atoms with Crippen LogP contribution in [-0.4, -0.2) is 21.0 Å². The molecule has 1 heterocycles. The number of nitrogens with zero attached hydrogens (tertiary/aromatic N) is 2. The van der Waals surface area contributed by atoms with Gasteiger partial charge in [-0.25, -0.2) is 9.78 Å². The summed E-state index contributed by atoms with van der Waals surface area (Å²) in [5, 5.41) is 9.71. The Balaban J connectivity index is 1.85. The van der Waals surface area contributed by atoms with Crippen LogP contribution in [0.25, 0.3) is 0 Å². The van der Waals surface area contributed by atoms with E-state index in [4.69, 9.17) is 21.1 Å². The van der Waals surface area contributed by atoms with Crippen molar-refractivity contribution in [2.45, 2.75) is 26.1 Å². The molecule has 0 saturated carbocycles. The Labute approximate surface area is 156 Å². The van der Waals surface area contributed by atoms with Crippen LogP contribution in [0.1, 0.15) is 40.5 Å². The molecular weight excluding hydrogens is 352 g/mol. The van der Waals surface area contributed by atoms with Crippen molar-refractivity contribution in [3.63, 3.8) is 0 Å². The van der Waals surface area contributed by atoms with E-state index in [2.05, 4.69) is 28.9 Å². The number of carboxylic acid groups (broad SMARTS) is 1. The number of oxazole rings is 1. The van der Waals surface area contributed by atoms with Crippen LogP contribution in [0.5, 0.6) is 0 Å². The molecule has 1 aromatic heterocycles. The average molecular weight is 371 g/mol. The van der Waals surface area contributed by atoms with Crippen molar-refractivity contribution in [2.24, 2.45) is 0 Å². The molecule has 3 aromatic rings. The van der Waals surface area contributed by atoms with Crippen molar-refractivity contribution in [3.8, 4) is 0 Å². The van der Waals surface area contributed by atoms with Crippen molar-refractivity contribution < 1.29 is 14.3 Å². The highest BCUT2D eigenvalue weighted by molar-refractivity contribution is 6.30. The molecule has 0 amide bonds. The summed E-state index contributed by atoms with van der Waals surface area (Å²) in [7, 11) is 0. The predicted octanol–water partition coefficient (Wildman–Crippen LogP) is 4.79. The molecule has 5 nitrogen and oxygen atoms in total. The van der Waals surface area contributed by atoms with E-state index >= 15 is 0 Å². The molecule has 0 bridgehead atoms. The van der Waals surface area contributed by atoms with E-state index in [0.717, 1.165) is 11.1 Å². The molecule has 26 heavy (non-hydrogen) atoms. The molecule has 0 saturated heterocycles. The van der Waals surface area contributed by atoms with Crippen LogP contribution in [0.2, 0.25) is 5.02 Å². The van der Waals surface area contributed by atoms with Gasteiger partial charge < -0.3 is 9.52 Å². The van der Waals surface area contributed by atoms with E-state index < -0.39 is 5.97 Å². The smallest absolute Gasteiger partial charge is 0.357 e. The SMILES string of the molecule is CC(c1ccccc1)N(Cc1cccc(Cl)c1)Cc1nc(C(=O)O)co1. The molecule has 1 atom stereocenters. The molecule has 1 unspecified atom stereocenters. The molecule has 0 aliphatic carbocycles. The number of aromatic nitrogens is 1. The van der Waals surface area contributed by atoms with E-state index in [1.165, 1.54) is 6.26 Å². The Morgan fingerprint density at radius 2 is 1.96 bits per heavy atom. The van der Waals surface area contributed by atoms with Gasteiger partial charge in [-0.15, -0.1) is 0 Å². The third-order valence-corrected chi connectivity index (χ3v) is 4.45. The van der Waals surface area contributed by atoms with Gasteiger partial charge in [0.25, 0.3) is 0 Å². The second kappa shape index (κ2) is 8.17. The Morgan fingerprint density at radius 3 is 2.62 bits per heavy atom. The number of halogens is 1. The molecule has 134 valence electrons. The van der Waals surface area contributed by atoms with Crippen LogP contribution >= 0.6 is 11.6 Å². The summed E-state index contributed by atoms with van der Waals surface area (Å²) in [5.41, 5.74) is 2.12. The predicted molar refractivity (Wildman–Crippen MR) is 99.0 cm³/mol. The number of carboxylic acids is 1. The van der Waals surface area contributed by atoms with E-state index in [1.807, 2.05) is 42.5 Å². The Morgan fingerprint density at radius 1 is 1.19 bits per heavy atom. The third-order valence-electron chi connectivity index (χ3n) is 4.21. The van der Waals surface area contributed by atoms with Crippen LogP contribution < -0.4 is 0 Å². The molecule has 0 fully saturated rings. The molecule has 2 aromatic carbocycles. The zero-order chi connectivity index (χ0) is 18.5. The first-order valence-electron chi connectivity index (χ1n) is 8.24. The minimum Gasteiger partial charge on any atom is -0.476 e. The van der Waals surface area contributed by atoms with Gasteiger partial charge in [-0.05, 0) is 30.2 Å². The lowest BCUT2D eigenvalue weighted by Gasteiger charge is -2.28. The summed E-state index contributed by atoms with van der Waals surface area (Å²) < 4.78 is 5.34. The van der Waals surface area contributed by atoms with Gasteiger partial charge in [0.2, 0.25) is 5.89 Å². The van der Waals surface area contributed by atoms with Gasteiger partial charge in [-0.1, -0.05) is 54.1 Å². The normalized spacial score (nSPS) is 12.3. The number of aromatic carboxylic acids is 1. The fraction of sp³-hybridized carbons (Fsp3) is 0.200. The van der Waals surface area contributed by atoms with Gasteiger partial charge >= 0.3 is 5.97 Å². The molecule has 1 N–H and O–H groups in total. The highest BCUT2D eigenvalue weighted by Gasteiger charge is 2.20. The molecule has 0 aliphatic rings. The molecule has 0 aliphatic heterocycles. The first-order valence-corrected chi connectivity index (χ1v) is 8.62. The first kappa shape index (κ1) is 18.2. The van der Waals surface area contributed by atoms with Gasteiger partial charge in [0, 0.05) is 17.6 Å². The van der Waals surface area contributed by atoms with Gasteiger partial charge in [0.05, 0.1) is 6.54 Å². The van der Waals surface area contributed by atoms with Crippen LogP contribution in [0.15, 0.2) is 65.3 Å². The standard InChI is InChI=1S/C20H19ClN2O3/c1-14(16-7-3-2-4-8-16)23(11-15-6-5-9-17(21)10-15)12-19-22-18(13-26-19)20(24)25/h2-10,13-14H,11-12H2,1H3,(H,24,25). The van der Waals surface area contributed by atoms with Crippen LogP contribution in [0.4, 0.5) is 0 Å². The highest BCUT2D eigenvalue weighted by atomic mass is 35.5. The average Bonchev–Trinajstić information content (AvgIpc) is 3.10. The zero-order valence-corrected chi connectivity index (χ0v) is 15.1. The first-order chi connectivity index (χ1) is 12.5. The topological polar surface area (TPSA) is 66.6 Å². The van der Waals surface area contributed by atoms with Crippen molar-refractivity contribution in [1.82, 2.24) is 9.88 Å². The molecule has 0 spiro atoms. The summed E-state index contributed by atoms with van der Waals surface area (Å²) in [6, 6.07) is 17.9. The van der Waals surface area contributed by atoms with Crippen LogP contribution in [0, 0.1) is 0 Å². The minimum atomic E-state index is -1.10. The number of hydrogen-bond donors (Lipinski definition) is 1. The lowest BCUT2D eigenvalue weighted by Crippen LogP contribution is -2.26. The molecule has 0 radical (unpaired) electrons. The van der Waals surface area contributed by atoms with E-state index in [-0.39, 0.29) is 11.7 Å². The largest absolute Gasteiger partial charge is 0.476 e. The van der Waals surface area contributed by atoms with Gasteiger partial charge in [0.1, 0.15) is 6.26 Å². The monoisotopic (exact) mass is 370 g/mol. The van der Waals surface area contributed by atoms with E-state index in [1.54, 1.807) is 0 Å². The minimum absolute atomic E-state index is 0.0790. The van der Waals surface area contributed by atoms with Crippen molar-refractivity contribution in [1.29, 1.82) is 0 Å². The quantitative estimate of drug-likeness (QED) is 0.647. The lowest BCUT2D eigenvalue weighted by atomic mass is 10.1. The number of hydrogen-bond acceptors (Lipinski definition) is 4. The van der Waals surface area contributed by atoms with Crippen molar-refractivity contribution in [2.75, 3.05) is 0 Å². The number of rotatable bonds is 7. The van der Waals surface area contributed by atoms with E-state index in [0.29, 0.717) is 24.0 Å². The maximum absolute atomic E-state index is 11.0. The van der Waals surface area contributed by atoms with Gasteiger partial charge in [-0.2, -0.15) is 0 Å². The molecule has 3 rings (SSSR count). The Hall–Kier alpha value is -2.63. The Kier molecular flexibility index (Phi) is 5.71. The third kappa shape index (κ3) is 4.50. The fourth-order valence-corrected chi connectivity index (χ4v) is 3.01. The van der Waals surface area contributed by atoms with Gasteiger partial charge in [-0.3, -0.25) is 4.90 Å². The molecular formula is C20H19ClN2O3. The van der Waals surface area contributed by atoms with Crippen LogP contribution in [0.3, 0.4) is 0 Å². The maximum atomic E-state index is 11.0. The summed E-state index contributed by atoms with van der Waals surface area (Å²) in [4.78, 5) is 17.2. The van der Waals surface area contributed by atoms with Crippen molar-refractivity contribution in [3.05, 3.63) is 88.6 Å². The number of benzene rings is 2. The van der Waals surface area contributed by atoms with E-state index in [9.17, 15) is 4.79 Å². The zero-order valence-electron chi connectivity index (χ0n) is 14.3.